The lowest BCUT2D eigenvalue weighted by Crippen LogP contribution is -2.32. The van der Waals surface area contributed by atoms with Gasteiger partial charge in [-0.05, 0) is 24.1 Å². The molecule has 2 heterocycles. The third-order valence-corrected chi connectivity index (χ3v) is 3.77. The van der Waals surface area contributed by atoms with Crippen molar-refractivity contribution in [3.8, 4) is 11.5 Å². The molecule has 3 rings (SSSR count). The van der Waals surface area contributed by atoms with Gasteiger partial charge in [0.25, 0.3) is 0 Å². The summed E-state index contributed by atoms with van der Waals surface area (Å²) in [5.41, 5.74) is 1.02. The Labute approximate surface area is 135 Å². The first-order chi connectivity index (χ1) is 11.3. The Morgan fingerprint density at radius 3 is 2.78 bits per heavy atom. The van der Waals surface area contributed by atoms with Crippen LogP contribution in [0, 0.1) is 0 Å². The number of unbranched alkanes of at least 4 members (excludes halogenated alkanes) is 1. The zero-order chi connectivity index (χ0) is 15.9. The van der Waals surface area contributed by atoms with Gasteiger partial charge in [0.1, 0.15) is 6.54 Å². The number of aryl methyl sites for hydroxylation is 1. The number of ether oxygens (including phenoxy) is 2. The van der Waals surface area contributed by atoms with Gasteiger partial charge in [0, 0.05) is 31.5 Å². The van der Waals surface area contributed by atoms with E-state index in [-0.39, 0.29) is 12.7 Å². The molecule has 1 aliphatic heterocycles. The summed E-state index contributed by atoms with van der Waals surface area (Å²) < 4.78 is 12.7. The topological polar surface area (TPSA) is 51.4 Å². The highest BCUT2D eigenvalue weighted by Crippen LogP contribution is 2.32. The lowest BCUT2D eigenvalue weighted by molar-refractivity contribution is -0.697. The molecule has 0 radical (unpaired) electrons. The fourth-order valence-corrected chi connectivity index (χ4v) is 2.50. The van der Waals surface area contributed by atoms with Gasteiger partial charge >= 0.3 is 0 Å². The first-order valence-electron chi connectivity index (χ1n) is 7.90. The number of benzene rings is 1. The van der Waals surface area contributed by atoms with E-state index in [9.17, 15) is 4.79 Å². The van der Waals surface area contributed by atoms with Gasteiger partial charge in [0.2, 0.25) is 12.7 Å². The zero-order valence-electron chi connectivity index (χ0n) is 13.0. The predicted octanol–water partition coefficient (Wildman–Crippen LogP) is 2.19. The van der Waals surface area contributed by atoms with Crippen LogP contribution in [0.3, 0.4) is 0 Å². The average Bonchev–Trinajstić information content (AvgIpc) is 3.05. The summed E-state index contributed by atoms with van der Waals surface area (Å²) in [6, 6.07) is 11.8. The number of hydrogen-bond acceptors (Lipinski definition) is 3. The summed E-state index contributed by atoms with van der Waals surface area (Å²) in [6.45, 7) is 1.73. The maximum Gasteiger partial charge on any atom is 0.231 e. The van der Waals surface area contributed by atoms with Crippen molar-refractivity contribution in [1.82, 2.24) is 5.32 Å². The second-order valence-electron chi connectivity index (χ2n) is 5.53. The number of aromatic nitrogens is 1. The Morgan fingerprint density at radius 2 is 1.91 bits per heavy atom. The van der Waals surface area contributed by atoms with E-state index in [0.717, 1.165) is 36.4 Å². The second-order valence-corrected chi connectivity index (χ2v) is 5.53. The molecule has 23 heavy (non-hydrogen) atoms. The highest BCUT2D eigenvalue weighted by atomic mass is 16.7. The molecular weight excluding hydrogens is 292 g/mol. The molecule has 0 aliphatic carbocycles. The van der Waals surface area contributed by atoms with Crippen LogP contribution in [0.4, 0.5) is 0 Å². The maximum absolute atomic E-state index is 11.9. The van der Waals surface area contributed by atoms with Crippen molar-refractivity contribution in [2.45, 2.75) is 32.4 Å². The molecule has 0 unspecified atom stereocenters. The van der Waals surface area contributed by atoms with E-state index in [1.54, 1.807) is 0 Å². The van der Waals surface area contributed by atoms with Gasteiger partial charge in [-0.15, -0.1) is 0 Å². The summed E-state index contributed by atoms with van der Waals surface area (Å²) in [5.74, 6) is 1.59. The maximum atomic E-state index is 11.9. The lowest BCUT2D eigenvalue weighted by Gasteiger charge is -2.06. The van der Waals surface area contributed by atoms with E-state index >= 15 is 0 Å². The summed E-state index contributed by atoms with van der Waals surface area (Å²) in [6.07, 6.45) is 6.51. The molecule has 0 atom stereocenters. The zero-order valence-corrected chi connectivity index (χ0v) is 13.0. The Hall–Kier alpha value is -2.56. The Balaban J connectivity index is 1.35. The fourth-order valence-electron chi connectivity index (χ4n) is 2.50. The molecule has 5 nitrogen and oxygen atoms in total. The molecule has 0 bridgehead atoms. The van der Waals surface area contributed by atoms with Crippen LogP contribution in [0.1, 0.15) is 24.8 Å². The van der Waals surface area contributed by atoms with E-state index in [4.69, 9.17) is 9.47 Å². The van der Waals surface area contributed by atoms with Crippen molar-refractivity contribution in [3.63, 3.8) is 0 Å². The molecule has 1 N–H and O–H groups in total. The summed E-state index contributed by atoms with van der Waals surface area (Å²) in [5, 5.41) is 2.95. The van der Waals surface area contributed by atoms with Crippen molar-refractivity contribution >= 4 is 5.91 Å². The van der Waals surface area contributed by atoms with Crippen molar-refractivity contribution in [2.75, 3.05) is 6.79 Å². The van der Waals surface area contributed by atoms with Gasteiger partial charge < -0.3 is 14.8 Å². The fraction of sp³-hybridized carbons (Fsp3) is 0.333. The largest absolute Gasteiger partial charge is 0.454 e. The number of carbonyl (C=O) groups excluding carboxylic acids is 1. The standard InChI is InChI=1S/C18H20N2O3/c21-18(6-2-5-11-20-9-3-1-4-10-20)19-13-15-7-8-16-17(12-15)23-14-22-16/h1,3-4,7-10,12H,2,5-6,11,13-14H2/p+1. The number of rotatable bonds is 7. The minimum absolute atomic E-state index is 0.0840. The van der Waals surface area contributed by atoms with Crippen LogP contribution in [0.15, 0.2) is 48.8 Å². The first kappa shape index (κ1) is 15.3. The van der Waals surface area contributed by atoms with Crippen molar-refractivity contribution in [2.24, 2.45) is 0 Å². The monoisotopic (exact) mass is 313 g/mol. The van der Waals surface area contributed by atoms with Gasteiger partial charge in [-0.3, -0.25) is 4.79 Å². The molecule has 5 heteroatoms. The van der Waals surface area contributed by atoms with Crippen molar-refractivity contribution in [1.29, 1.82) is 0 Å². The number of pyridine rings is 1. The van der Waals surface area contributed by atoms with Crippen molar-refractivity contribution < 1.29 is 18.8 Å². The Bertz CT molecular complexity index is 659. The summed E-state index contributed by atoms with van der Waals surface area (Å²) in [7, 11) is 0. The third kappa shape index (κ3) is 4.45. The number of carbonyl (C=O) groups is 1. The van der Waals surface area contributed by atoms with Crippen LogP contribution in [0.25, 0.3) is 0 Å². The van der Waals surface area contributed by atoms with Gasteiger partial charge in [-0.2, -0.15) is 0 Å². The van der Waals surface area contributed by atoms with E-state index in [1.807, 2.05) is 48.8 Å². The van der Waals surface area contributed by atoms with Crippen LogP contribution < -0.4 is 19.4 Å². The van der Waals surface area contributed by atoms with E-state index in [1.165, 1.54) is 0 Å². The summed E-state index contributed by atoms with van der Waals surface area (Å²) in [4.78, 5) is 11.9. The normalized spacial score (nSPS) is 12.2. The molecule has 0 saturated heterocycles. The quantitative estimate of drug-likeness (QED) is 0.630. The third-order valence-electron chi connectivity index (χ3n) is 3.77. The predicted molar refractivity (Wildman–Crippen MR) is 84.9 cm³/mol. The molecule has 1 aliphatic rings. The van der Waals surface area contributed by atoms with Gasteiger partial charge in [-0.25, -0.2) is 4.57 Å². The Morgan fingerprint density at radius 1 is 1.09 bits per heavy atom. The average molecular weight is 313 g/mol. The number of nitrogens with zero attached hydrogens (tertiary/aromatic N) is 1. The SMILES string of the molecule is O=C(CCCC[n+]1ccccc1)NCc1ccc2c(c1)OCO2. The number of hydrogen-bond donors (Lipinski definition) is 1. The smallest absolute Gasteiger partial charge is 0.231 e. The van der Waals surface area contributed by atoms with E-state index < -0.39 is 0 Å². The highest BCUT2D eigenvalue weighted by molar-refractivity contribution is 5.75. The van der Waals surface area contributed by atoms with Crippen LogP contribution in [-0.2, 0) is 17.9 Å². The minimum Gasteiger partial charge on any atom is -0.454 e. The molecular formula is C18H21N2O3+. The van der Waals surface area contributed by atoms with Crippen LogP contribution in [-0.4, -0.2) is 12.7 Å². The molecule has 120 valence electrons. The molecule has 0 fully saturated rings. The highest BCUT2D eigenvalue weighted by Gasteiger charge is 2.13. The van der Waals surface area contributed by atoms with E-state index in [0.29, 0.717) is 13.0 Å². The Kier molecular flexibility index (Phi) is 5.09. The number of fused-ring (bicyclic) bond motifs is 1. The number of amides is 1. The first-order valence-corrected chi connectivity index (χ1v) is 7.90. The molecule has 0 saturated carbocycles. The molecule has 0 spiro atoms. The van der Waals surface area contributed by atoms with Crippen LogP contribution in [0.2, 0.25) is 0 Å². The van der Waals surface area contributed by atoms with Crippen LogP contribution in [0.5, 0.6) is 11.5 Å². The van der Waals surface area contributed by atoms with Gasteiger partial charge in [0.05, 0.1) is 0 Å². The van der Waals surface area contributed by atoms with Crippen LogP contribution >= 0.6 is 0 Å². The summed E-state index contributed by atoms with van der Waals surface area (Å²) >= 11 is 0. The minimum atomic E-state index is 0.0840. The molecule has 1 amide bonds. The molecule has 2 aromatic rings. The lowest BCUT2D eigenvalue weighted by atomic mass is 10.2. The molecule has 1 aromatic heterocycles. The van der Waals surface area contributed by atoms with Gasteiger partial charge in [-0.1, -0.05) is 12.1 Å². The van der Waals surface area contributed by atoms with E-state index in [2.05, 4.69) is 9.88 Å². The van der Waals surface area contributed by atoms with Gasteiger partial charge in [0.15, 0.2) is 23.9 Å². The van der Waals surface area contributed by atoms with Crippen molar-refractivity contribution in [3.05, 3.63) is 54.4 Å². The number of nitrogens with one attached hydrogen (secondary N) is 1. The second kappa shape index (κ2) is 7.63. The molecule has 1 aromatic carbocycles.